The Morgan fingerprint density at radius 1 is 1.56 bits per heavy atom. The first-order chi connectivity index (χ1) is 4.31. The van der Waals surface area contributed by atoms with E-state index in [4.69, 9.17) is 16.7 Å². The van der Waals surface area contributed by atoms with E-state index in [1.165, 1.54) is 0 Å². The van der Waals surface area contributed by atoms with Crippen molar-refractivity contribution >= 4 is 11.6 Å². The second kappa shape index (κ2) is 5.94. The van der Waals surface area contributed by atoms with Crippen molar-refractivity contribution in [1.82, 2.24) is 0 Å². The van der Waals surface area contributed by atoms with Crippen molar-refractivity contribution < 1.29 is 5.11 Å². The Hall–Kier alpha value is -0.190. The molecule has 1 N–H and O–H groups in total. The van der Waals surface area contributed by atoms with Crippen molar-refractivity contribution in [2.75, 3.05) is 5.88 Å². The van der Waals surface area contributed by atoms with E-state index < -0.39 is 0 Å². The van der Waals surface area contributed by atoms with Gasteiger partial charge in [0, 0.05) is 6.42 Å². The average Bonchev–Trinajstić information content (AvgIpc) is 1.89. The number of hydrogen-bond acceptors (Lipinski definition) is 1. The Bertz CT molecular complexity index is 112. The molecule has 0 heterocycles. The van der Waals surface area contributed by atoms with E-state index in [0.717, 1.165) is 6.42 Å². The Morgan fingerprint density at radius 3 is 2.67 bits per heavy atom. The third-order valence-corrected chi connectivity index (χ3v) is 1.13. The molecule has 52 valence electrons. The van der Waals surface area contributed by atoms with Crippen LogP contribution in [0, 0.1) is 11.8 Å². The summed E-state index contributed by atoms with van der Waals surface area (Å²) >= 11 is 5.27. The highest BCUT2D eigenvalue weighted by atomic mass is 35.5. The minimum Gasteiger partial charge on any atom is -0.392 e. The summed E-state index contributed by atoms with van der Waals surface area (Å²) in [6.45, 7) is 1.92. The summed E-state index contributed by atoms with van der Waals surface area (Å²) in [5.41, 5.74) is 0. The van der Waals surface area contributed by atoms with E-state index in [1.807, 2.05) is 6.92 Å². The zero-order valence-corrected chi connectivity index (χ0v) is 6.28. The van der Waals surface area contributed by atoms with E-state index in [-0.39, 0.29) is 6.10 Å². The molecular formula is C7H11ClO. The van der Waals surface area contributed by atoms with Crippen LogP contribution in [-0.4, -0.2) is 17.1 Å². The van der Waals surface area contributed by atoms with Crippen molar-refractivity contribution in [2.24, 2.45) is 0 Å². The highest BCUT2D eigenvalue weighted by Crippen LogP contribution is 1.93. The molecule has 0 aromatic carbocycles. The highest BCUT2D eigenvalue weighted by Gasteiger charge is 1.93. The molecule has 0 aliphatic rings. The molecule has 0 saturated heterocycles. The van der Waals surface area contributed by atoms with Crippen molar-refractivity contribution in [3.63, 3.8) is 0 Å². The van der Waals surface area contributed by atoms with Gasteiger partial charge in [-0.25, -0.2) is 0 Å². The Morgan fingerprint density at radius 2 is 2.22 bits per heavy atom. The fourth-order valence-electron chi connectivity index (χ4n) is 0.382. The van der Waals surface area contributed by atoms with Crippen LogP contribution in [-0.2, 0) is 0 Å². The lowest BCUT2D eigenvalue weighted by atomic mass is 10.2. The van der Waals surface area contributed by atoms with Crippen LogP contribution in [0.4, 0.5) is 0 Å². The van der Waals surface area contributed by atoms with Crippen LogP contribution in [0.25, 0.3) is 0 Å². The van der Waals surface area contributed by atoms with Crippen molar-refractivity contribution in [3.8, 4) is 11.8 Å². The quantitative estimate of drug-likeness (QED) is 0.461. The summed E-state index contributed by atoms with van der Waals surface area (Å²) in [6, 6.07) is 0. The van der Waals surface area contributed by atoms with Crippen LogP contribution >= 0.6 is 11.6 Å². The van der Waals surface area contributed by atoms with Gasteiger partial charge in [0.1, 0.15) is 0 Å². The van der Waals surface area contributed by atoms with Gasteiger partial charge in [-0.05, 0) is 6.42 Å². The van der Waals surface area contributed by atoms with Crippen molar-refractivity contribution in [1.29, 1.82) is 0 Å². The second-order valence-electron chi connectivity index (χ2n) is 1.75. The summed E-state index contributed by atoms with van der Waals surface area (Å²) in [6.07, 6.45) is 1.03. The molecule has 0 saturated carbocycles. The molecular weight excluding hydrogens is 136 g/mol. The van der Waals surface area contributed by atoms with Gasteiger partial charge in [-0.3, -0.25) is 0 Å². The van der Waals surface area contributed by atoms with Gasteiger partial charge in [0.05, 0.1) is 12.0 Å². The average molecular weight is 147 g/mol. The summed E-state index contributed by atoms with van der Waals surface area (Å²) in [5.74, 6) is 5.78. The first-order valence-corrected chi connectivity index (χ1v) is 3.54. The molecule has 0 radical (unpaired) electrons. The third-order valence-electron chi connectivity index (χ3n) is 1.00. The zero-order chi connectivity index (χ0) is 7.11. The standard InChI is InChI=1S/C7H11ClO/c1-2-7(9)5-3-4-6-8/h7,9H,2,5-6H2,1H3. The van der Waals surface area contributed by atoms with Gasteiger partial charge >= 0.3 is 0 Å². The SMILES string of the molecule is CCC(O)CC#CCCl. The number of alkyl halides is 1. The van der Waals surface area contributed by atoms with Gasteiger partial charge in [0.15, 0.2) is 0 Å². The molecule has 0 fully saturated rings. The maximum Gasteiger partial charge on any atom is 0.0835 e. The van der Waals surface area contributed by atoms with E-state index in [2.05, 4.69) is 11.8 Å². The number of halogens is 1. The minimum atomic E-state index is -0.277. The molecule has 1 atom stereocenters. The summed E-state index contributed by atoms with van der Waals surface area (Å²) < 4.78 is 0. The summed E-state index contributed by atoms with van der Waals surface area (Å²) in [5, 5.41) is 8.94. The molecule has 0 aromatic heterocycles. The predicted octanol–water partition coefficient (Wildman–Crippen LogP) is 1.39. The molecule has 0 spiro atoms. The maximum absolute atomic E-state index is 8.94. The molecule has 0 bridgehead atoms. The van der Waals surface area contributed by atoms with Gasteiger partial charge in [-0.1, -0.05) is 18.8 Å². The fraction of sp³-hybridized carbons (Fsp3) is 0.714. The molecule has 0 aliphatic heterocycles. The first-order valence-electron chi connectivity index (χ1n) is 3.01. The van der Waals surface area contributed by atoms with Crippen LogP contribution < -0.4 is 0 Å². The monoisotopic (exact) mass is 146 g/mol. The number of aliphatic hydroxyl groups excluding tert-OH is 1. The van der Waals surface area contributed by atoms with Gasteiger partial charge in [-0.15, -0.1) is 11.6 Å². The fourth-order valence-corrected chi connectivity index (χ4v) is 0.476. The molecule has 1 unspecified atom stereocenters. The van der Waals surface area contributed by atoms with Crippen molar-refractivity contribution in [3.05, 3.63) is 0 Å². The van der Waals surface area contributed by atoms with Crippen molar-refractivity contribution in [2.45, 2.75) is 25.9 Å². The predicted molar refractivity (Wildman–Crippen MR) is 39.4 cm³/mol. The van der Waals surface area contributed by atoms with Crippen LogP contribution in [0.1, 0.15) is 19.8 Å². The zero-order valence-electron chi connectivity index (χ0n) is 5.52. The number of hydrogen-bond donors (Lipinski definition) is 1. The lowest BCUT2D eigenvalue weighted by Crippen LogP contribution is -2.01. The number of rotatable bonds is 2. The second-order valence-corrected chi connectivity index (χ2v) is 2.02. The van der Waals surface area contributed by atoms with Crippen LogP contribution in [0.2, 0.25) is 0 Å². The van der Waals surface area contributed by atoms with E-state index in [9.17, 15) is 0 Å². The van der Waals surface area contributed by atoms with E-state index in [0.29, 0.717) is 12.3 Å². The van der Waals surface area contributed by atoms with Crippen LogP contribution in [0.15, 0.2) is 0 Å². The molecule has 0 aromatic rings. The van der Waals surface area contributed by atoms with Gasteiger partial charge < -0.3 is 5.11 Å². The summed E-state index contributed by atoms with van der Waals surface area (Å²) in [4.78, 5) is 0. The molecule has 0 rings (SSSR count). The van der Waals surface area contributed by atoms with Crippen LogP contribution in [0.3, 0.4) is 0 Å². The largest absolute Gasteiger partial charge is 0.392 e. The number of aliphatic hydroxyl groups is 1. The molecule has 9 heavy (non-hydrogen) atoms. The van der Waals surface area contributed by atoms with Gasteiger partial charge in [0.2, 0.25) is 0 Å². The lowest BCUT2D eigenvalue weighted by molar-refractivity contribution is 0.176. The molecule has 1 nitrogen and oxygen atoms in total. The maximum atomic E-state index is 8.94. The molecule has 0 aliphatic carbocycles. The smallest absolute Gasteiger partial charge is 0.0835 e. The lowest BCUT2D eigenvalue weighted by Gasteiger charge is -1.98. The minimum absolute atomic E-state index is 0.277. The third kappa shape index (κ3) is 5.68. The Labute approximate surface area is 61.0 Å². The molecule has 2 heteroatoms. The topological polar surface area (TPSA) is 20.2 Å². The van der Waals surface area contributed by atoms with E-state index in [1.54, 1.807) is 0 Å². The first kappa shape index (κ1) is 8.81. The molecule has 0 amide bonds. The van der Waals surface area contributed by atoms with Crippen LogP contribution in [0.5, 0.6) is 0 Å². The van der Waals surface area contributed by atoms with Gasteiger partial charge in [0.25, 0.3) is 0 Å². The normalized spacial score (nSPS) is 11.9. The Kier molecular flexibility index (Phi) is 5.81. The summed E-state index contributed by atoms with van der Waals surface area (Å²) in [7, 11) is 0. The van der Waals surface area contributed by atoms with E-state index >= 15 is 0 Å². The van der Waals surface area contributed by atoms with Gasteiger partial charge in [-0.2, -0.15) is 0 Å². The highest BCUT2D eigenvalue weighted by molar-refractivity contribution is 6.19. The Balaban J connectivity index is 3.25.